The van der Waals surface area contributed by atoms with Crippen LogP contribution in [0.25, 0.3) is 0 Å². The second-order valence-corrected chi connectivity index (χ2v) is 4.17. The zero-order valence-electron chi connectivity index (χ0n) is 9.84. The SMILES string of the molecule is CCCCCCCC(O)C(CC)CN. The molecule has 0 aliphatic carbocycles. The van der Waals surface area contributed by atoms with E-state index in [1.54, 1.807) is 0 Å². The summed E-state index contributed by atoms with van der Waals surface area (Å²) >= 11 is 0. The second kappa shape index (κ2) is 9.47. The van der Waals surface area contributed by atoms with Crippen molar-refractivity contribution in [1.29, 1.82) is 0 Å². The third-order valence-electron chi connectivity index (χ3n) is 2.97. The summed E-state index contributed by atoms with van der Waals surface area (Å²) in [5, 5.41) is 9.79. The summed E-state index contributed by atoms with van der Waals surface area (Å²) < 4.78 is 0. The zero-order chi connectivity index (χ0) is 10.8. The minimum Gasteiger partial charge on any atom is -0.393 e. The lowest BCUT2D eigenvalue weighted by Crippen LogP contribution is -2.27. The van der Waals surface area contributed by atoms with Gasteiger partial charge in [0.05, 0.1) is 6.10 Å². The average Bonchev–Trinajstić information content (AvgIpc) is 2.19. The number of aliphatic hydroxyl groups excluding tert-OH is 1. The summed E-state index contributed by atoms with van der Waals surface area (Å²) in [6, 6.07) is 0. The molecule has 0 bridgehead atoms. The summed E-state index contributed by atoms with van der Waals surface area (Å²) in [6.45, 7) is 4.93. The molecule has 2 atom stereocenters. The van der Waals surface area contributed by atoms with Crippen molar-refractivity contribution in [2.45, 2.75) is 64.9 Å². The Balaban J connectivity index is 3.37. The molecule has 0 saturated carbocycles. The van der Waals surface area contributed by atoms with Crippen molar-refractivity contribution >= 4 is 0 Å². The third kappa shape index (κ3) is 6.39. The Morgan fingerprint density at radius 1 is 1.07 bits per heavy atom. The van der Waals surface area contributed by atoms with Crippen LogP contribution in [0.4, 0.5) is 0 Å². The fourth-order valence-corrected chi connectivity index (χ4v) is 1.79. The molecule has 2 unspecified atom stereocenters. The van der Waals surface area contributed by atoms with Crippen molar-refractivity contribution in [3.8, 4) is 0 Å². The maximum atomic E-state index is 9.79. The number of nitrogens with two attached hydrogens (primary N) is 1. The van der Waals surface area contributed by atoms with Gasteiger partial charge in [-0.05, 0) is 25.3 Å². The normalized spacial score (nSPS) is 15.4. The van der Waals surface area contributed by atoms with Crippen LogP contribution in [0.5, 0.6) is 0 Å². The molecule has 86 valence electrons. The van der Waals surface area contributed by atoms with Gasteiger partial charge in [0.1, 0.15) is 0 Å². The molecule has 0 radical (unpaired) electrons. The molecule has 2 heteroatoms. The van der Waals surface area contributed by atoms with Crippen LogP contribution in [0, 0.1) is 5.92 Å². The Bertz CT molecular complexity index is 113. The molecule has 0 fully saturated rings. The maximum Gasteiger partial charge on any atom is 0.0580 e. The highest BCUT2D eigenvalue weighted by Crippen LogP contribution is 2.14. The van der Waals surface area contributed by atoms with E-state index in [2.05, 4.69) is 13.8 Å². The van der Waals surface area contributed by atoms with E-state index >= 15 is 0 Å². The van der Waals surface area contributed by atoms with Gasteiger partial charge in [-0.1, -0.05) is 46.0 Å². The molecule has 0 aromatic rings. The molecule has 3 N–H and O–H groups in total. The predicted molar refractivity (Wildman–Crippen MR) is 62.2 cm³/mol. The van der Waals surface area contributed by atoms with E-state index in [1.165, 1.54) is 25.7 Å². The van der Waals surface area contributed by atoms with Crippen molar-refractivity contribution in [3.05, 3.63) is 0 Å². The molecule has 14 heavy (non-hydrogen) atoms. The first kappa shape index (κ1) is 13.9. The van der Waals surface area contributed by atoms with Crippen LogP contribution in [-0.4, -0.2) is 17.8 Å². The predicted octanol–water partition coefficient (Wildman–Crippen LogP) is 2.69. The molecule has 0 aliphatic rings. The highest BCUT2D eigenvalue weighted by Gasteiger charge is 2.14. The van der Waals surface area contributed by atoms with Gasteiger partial charge in [0, 0.05) is 0 Å². The van der Waals surface area contributed by atoms with Crippen LogP contribution in [0.1, 0.15) is 58.8 Å². The zero-order valence-corrected chi connectivity index (χ0v) is 9.84. The van der Waals surface area contributed by atoms with Gasteiger partial charge >= 0.3 is 0 Å². The lowest BCUT2D eigenvalue weighted by molar-refractivity contribution is 0.0975. The van der Waals surface area contributed by atoms with Crippen molar-refractivity contribution < 1.29 is 5.11 Å². The number of hydrogen-bond donors (Lipinski definition) is 2. The Morgan fingerprint density at radius 3 is 2.21 bits per heavy atom. The Morgan fingerprint density at radius 2 is 1.71 bits per heavy atom. The molecular formula is C12H27NO. The molecule has 0 saturated heterocycles. The lowest BCUT2D eigenvalue weighted by Gasteiger charge is -2.19. The van der Waals surface area contributed by atoms with Gasteiger partial charge in [-0.2, -0.15) is 0 Å². The van der Waals surface area contributed by atoms with E-state index in [9.17, 15) is 5.11 Å². The molecule has 0 rings (SSSR count). The molecule has 0 aromatic carbocycles. The molecular weight excluding hydrogens is 174 g/mol. The molecule has 0 aromatic heterocycles. The Labute approximate surface area is 88.9 Å². The number of aliphatic hydroxyl groups is 1. The van der Waals surface area contributed by atoms with Crippen LogP contribution in [0.15, 0.2) is 0 Å². The fraction of sp³-hybridized carbons (Fsp3) is 1.00. The Kier molecular flexibility index (Phi) is 9.42. The van der Waals surface area contributed by atoms with Crippen LogP contribution >= 0.6 is 0 Å². The van der Waals surface area contributed by atoms with Gasteiger partial charge in [-0.25, -0.2) is 0 Å². The molecule has 0 amide bonds. The second-order valence-electron chi connectivity index (χ2n) is 4.17. The number of unbranched alkanes of at least 4 members (excludes halogenated alkanes) is 4. The average molecular weight is 201 g/mol. The van der Waals surface area contributed by atoms with Crippen LogP contribution in [-0.2, 0) is 0 Å². The van der Waals surface area contributed by atoms with Crippen LogP contribution in [0.2, 0.25) is 0 Å². The van der Waals surface area contributed by atoms with E-state index in [-0.39, 0.29) is 6.10 Å². The van der Waals surface area contributed by atoms with Crippen molar-refractivity contribution in [1.82, 2.24) is 0 Å². The van der Waals surface area contributed by atoms with Crippen molar-refractivity contribution in [2.24, 2.45) is 11.7 Å². The summed E-state index contributed by atoms with van der Waals surface area (Å²) in [4.78, 5) is 0. The summed E-state index contributed by atoms with van der Waals surface area (Å²) in [7, 11) is 0. The van der Waals surface area contributed by atoms with Crippen molar-refractivity contribution in [3.63, 3.8) is 0 Å². The molecule has 0 heterocycles. The van der Waals surface area contributed by atoms with E-state index in [0.29, 0.717) is 12.5 Å². The van der Waals surface area contributed by atoms with Crippen LogP contribution in [0.3, 0.4) is 0 Å². The summed E-state index contributed by atoms with van der Waals surface area (Å²) in [6.07, 6.45) is 8.07. The quantitative estimate of drug-likeness (QED) is 0.563. The topological polar surface area (TPSA) is 46.2 Å². The first-order valence-electron chi connectivity index (χ1n) is 6.14. The molecule has 2 nitrogen and oxygen atoms in total. The van der Waals surface area contributed by atoms with E-state index in [4.69, 9.17) is 5.73 Å². The highest BCUT2D eigenvalue weighted by atomic mass is 16.3. The first-order valence-corrected chi connectivity index (χ1v) is 6.14. The molecule has 0 spiro atoms. The van der Waals surface area contributed by atoms with E-state index in [0.717, 1.165) is 19.3 Å². The number of hydrogen-bond acceptors (Lipinski definition) is 2. The monoisotopic (exact) mass is 201 g/mol. The maximum absolute atomic E-state index is 9.79. The first-order chi connectivity index (χ1) is 6.76. The van der Waals surface area contributed by atoms with E-state index < -0.39 is 0 Å². The van der Waals surface area contributed by atoms with Gasteiger partial charge in [-0.15, -0.1) is 0 Å². The third-order valence-corrected chi connectivity index (χ3v) is 2.97. The van der Waals surface area contributed by atoms with Crippen molar-refractivity contribution in [2.75, 3.05) is 6.54 Å². The molecule has 0 aliphatic heterocycles. The summed E-state index contributed by atoms with van der Waals surface area (Å²) in [5.74, 6) is 0.307. The number of rotatable bonds is 9. The van der Waals surface area contributed by atoms with Gasteiger partial charge < -0.3 is 10.8 Å². The lowest BCUT2D eigenvalue weighted by atomic mass is 9.95. The largest absolute Gasteiger partial charge is 0.393 e. The van der Waals surface area contributed by atoms with Crippen LogP contribution < -0.4 is 5.73 Å². The fourth-order valence-electron chi connectivity index (χ4n) is 1.79. The smallest absolute Gasteiger partial charge is 0.0580 e. The summed E-state index contributed by atoms with van der Waals surface area (Å²) in [5.41, 5.74) is 5.58. The van der Waals surface area contributed by atoms with E-state index in [1.807, 2.05) is 0 Å². The minimum atomic E-state index is -0.174. The van der Waals surface area contributed by atoms with Gasteiger partial charge in [0.15, 0.2) is 0 Å². The van der Waals surface area contributed by atoms with Gasteiger partial charge in [0.2, 0.25) is 0 Å². The highest BCUT2D eigenvalue weighted by molar-refractivity contribution is 4.68. The standard InChI is InChI=1S/C12H27NO/c1-3-5-6-7-8-9-12(14)11(4-2)10-13/h11-12,14H,3-10,13H2,1-2H3. The Hall–Kier alpha value is -0.0800. The van der Waals surface area contributed by atoms with Gasteiger partial charge in [-0.3, -0.25) is 0 Å². The minimum absolute atomic E-state index is 0.174. The van der Waals surface area contributed by atoms with Gasteiger partial charge in [0.25, 0.3) is 0 Å².